The number of benzene rings is 2. The van der Waals surface area contributed by atoms with E-state index in [-0.39, 0.29) is 34.2 Å². The second kappa shape index (κ2) is 13.1. The third kappa shape index (κ3) is 5.88. The molecule has 3 heterocycles. The summed E-state index contributed by atoms with van der Waals surface area (Å²) in [6.45, 7) is 0.824. The van der Waals surface area contributed by atoms with Gasteiger partial charge in [0.05, 0.1) is 26.9 Å². The number of ether oxygens (including phenoxy) is 6. The van der Waals surface area contributed by atoms with Crippen molar-refractivity contribution in [3.8, 4) is 45.8 Å². The lowest BCUT2D eigenvalue weighted by molar-refractivity contribution is -0.318. The second-order valence-electron chi connectivity index (χ2n) is 10.8. The van der Waals surface area contributed by atoms with Gasteiger partial charge in [-0.05, 0) is 25.1 Å². The monoisotopic (exact) mass is 654 g/mol. The summed E-state index contributed by atoms with van der Waals surface area (Å²) in [5.74, 6) is -2.95. The number of hydrogen-bond acceptors (Lipinski definition) is 17. The van der Waals surface area contributed by atoms with E-state index < -0.39 is 96.1 Å². The van der Waals surface area contributed by atoms with Gasteiger partial charge < -0.3 is 78.8 Å². The first-order valence-electron chi connectivity index (χ1n) is 13.9. The Morgan fingerprint density at radius 2 is 1.41 bits per heavy atom. The van der Waals surface area contributed by atoms with Gasteiger partial charge in [-0.2, -0.15) is 0 Å². The zero-order valence-electron chi connectivity index (χ0n) is 24.6. The molecule has 2 saturated heterocycles. The fourth-order valence-corrected chi connectivity index (χ4v) is 5.22. The van der Waals surface area contributed by atoms with E-state index in [1.807, 2.05) is 0 Å². The highest BCUT2D eigenvalue weighted by atomic mass is 16.7. The van der Waals surface area contributed by atoms with E-state index >= 15 is 0 Å². The highest BCUT2D eigenvalue weighted by molar-refractivity contribution is 5.93. The standard InChI is InChI=1S/C29H34O17/c1-9-17(33)20(36)22(38)28(43-9)42-8-15-18(34)21(37)23(39)29(44-15)46-27-19(35)16-12(31)7-13(32)25(41-3)26(16)45-24(27)10-4-5-11(30)14(6-10)40-2/h4-7,9,15,17-18,20-23,28-34,36-39H,8H2,1-3H3. The van der Waals surface area contributed by atoms with Gasteiger partial charge in [-0.25, -0.2) is 0 Å². The molecule has 2 aliphatic rings. The van der Waals surface area contributed by atoms with Crippen molar-refractivity contribution >= 4 is 11.0 Å². The van der Waals surface area contributed by atoms with Gasteiger partial charge in [0.25, 0.3) is 0 Å². The van der Waals surface area contributed by atoms with E-state index in [9.17, 15) is 50.8 Å². The summed E-state index contributed by atoms with van der Waals surface area (Å²) in [7, 11) is 2.45. The van der Waals surface area contributed by atoms with Gasteiger partial charge in [-0.15, -0.1) is 0 Å². The van der Waals surface area contributed by atoms with E-state index in [4.69, 9.17) is 32.8 Å². The molecule has 1 aromatic heterocycles. The van der Waals surface area contributed by atoms with Gasteiger partial charge in [0.1, 0.15) is 53.9 Å². The molecule has 0 saturated carbocycles. The first-order valence-corrected chi connectivity index (χ1v) is 13.9. The quantitative estimate of drug-likeness (QED) is 0.135. The van der Waals surface area contributed by atoms with Crippen LogP contribution in [-0.4, -0.2) is 128 Å². The van der Waals surface area contributed by atoms with Gasteiger partial charge in [0.15, 0.2) is 34.9 Å². The van der Waals surface area contributed by atoms with Crippen LogP contribution in [0.1, 0.15) is 6.92 Å². The molecular formula is C29H34O17. The fraction of sp³-hybridized carbons (Fsp3) is 0.483. The predicted molar refractivity (Wildman–Crippen MR) is 152 cm³/mol. The van der Waals surface area contributed by atoms with Crippen LogP contribution in [0.15, 0.2) is 33.5 Å². The largest absolute Gasteiger partial charge is 0.507 e. The van der Waals surface area contributed by atoms with Crippen LogP contribution in [0, 0.1) is 0 Å². The van der Waals surface area contributed by atoms with Crippen LogP contribution in [0.25, 0.3) is 22.3 Å². The van der Waals surface area contributed by atoms with Gasteiger partial charge in [-0.3, -0.25) is 4.79 Å². The molecule has 17 nitrogen and oxygen atoms in total. The lowest BCUT2D eigenvalue weighted by Gasteiger charge is -2.42. The molecule has 0 spiro atoms. The number of phenolic OH excluding ortho intramolecular Hbond substituents is 3. The van der Waals surface area contributed by atoms with Crippen molar-refractivity contribution in [3.05, 3.63) is 34.5 Å². The van der Waals surface area contributed by atoms with Crippen LogP contribution < -0.4 is 19.6 Å². The normalized spacial score (nSPS) is 31.5. The van der Waals surface area contributed by atoms with Crippen molar-refractivity contribution in [2.75, 3.05) is 20.8 Å². The predicted octanol–water partition coefficient (Wildman–Crippen LogP) is -1.38. The molecule has 2 aromatic carbocycles. The number of rotatable bonds is 8. The van der Waals surface area contributed by atoms with Gasteiger partial charge in [0.2, 0.25) is 23.2 Å². The van der Waals surface area contributed by atoms with Crippen molar-refractivity contribution < 1.29 is 78.8 Å². The van der Waals surface area contributed by atoms with Crippen LogP contribution in [-0.2, 0) is 14.2 Å². The van der Waals surface area contributed by atoms with E-state index in [2.05, 4.69) is 0 Å². The zero-order chi connectivity index (χ0) is 33.6. The SMILES string of the molecule is COc1cc(-c2oc3c(OC)c(O)cc(O)c3c(=O)c2OC2OC(COC3OC(C)C(O)C(O)C3O)C(O)C(O)C2O)ccc1O. The molecule has 10 unspecified atom stereocenters. The number of aromatic hydroxyl groups is 3. The smallest absolute Gasteiger partial charge is 0.239 e. The lowest BCUT2D eigenvalue weighted by Crippen LogP contribution is -2.61. The number of methoxy groups -OCH3 is 2. The van der Waals surface area contributed by atoms with Crippen molar-refractivity contribution in [1.82, 2.24) is 0 Å². The molecule has 0 amide bonds. The fourth-order valence-electron chi connectivity index (χ4n) is 5.22. The Balaban J connectivity index is 1.53. The second-order valence-corrected chi connectivity index (χ2v) is 10.8. The molecule has 0 radical (unpaired) electrons. The average Bonchev–Trinajstić information content (AvgIpc) is 3.03. The van der Waals surface area contributed by atoms with Crippen molar-refractivity contribution in [1.29, 1.82) is 0 Å². The summed E-state index contributed by atoms with van der Waals surface area (Å²) in [5.41, 5.74) is -1.36. The highest BCUT2D eigenvalue weighted by Gasteiger charge is 2.48. The summed E-state index contributed by atoms with van der Waals surface area (Å²) in [5, 5.41) is 92.8. The number of phenols is 3. The summed E-state index contributed by atoms with van der Waals surface area (Å²) in [6.07, 6.45) is -16.2. The molecular weight excluding hydrogens is 620 g/mol. The average molecular weight is 655 g/mol. The van der Waals surface area contributed by atoms with Gasteiger partial charge in [0, 0.05) is 11.6 Å². The molecule has 2 aliphatic heterocycles. The number of aliphatic hydroxyl groups excluding tert-OH is 6. The summed E-state index contributed by atoms with van der Waals surface area (Å²) in [4.78, 5) is 13.9. The van der Waals surface area contributed by atoms with E-state index in [0.717, 1.165) is 6.07 Å². The molecule has 46 heavy (non-hydrogen) atoms. The molecule has 0 aliphatic carbocycles. The number of hydrogen-bond donors (Lipinski definition) is 9. The van der Waals surface area contributed by atoms with Crippen LogP contribution in [0.5, 0.6) is 34.5 Å². The topological polar surface area (TPSA) is 268 Å². The maximum absolute atomic E-state index is 13.9. The molecule has 2 fully saturated rings. The molecule has 3 aromatic rings. The molecule has 17 heteroatoms. The van der Waals surface area contributed by atoms with Crippen LogP contribution >= 0.6 is 0 Å². The number of fused-ring (bicyclic) bond motifs is 1. The van der Waals surface area contributed by atoms with Gasteiger partial charge in [-0.1, -0.05) is 0 Å². The highest BCUT2D eigenvalue weighted by Crippen LogP contribution is 2.44. The molecule has 5 rings (SSSR count). The summed E-state index contributed by atoms with van der Waals surface area (Å²) in [6, 6.07) is 4.65. The molecule has 0 bridgehead atoms. The molecule has 10 atom stereocenters. The van der Waals surface area contributed by atoms with Crippen molar-refractivity contribution in [3.63, 3.8) is 0 Å². The maximum Gasteiger partial charge on any atom is 0.239 e. The Morgan fingerprint density at radius 1 is 0.739 bits per heavy atom. The number of aliphatic hydroxyl groups is 6. The Hall–Kier alpha value is -3.91. The first-order chi connectivity index (χ1) is 21.8. The van der Waals surface area contributed by atoms with E-state index in [1.165, 1.54) is 39.3 Å². The van der Waals surface area contributed by atoms with E-state index in [1.54, 1.807) is 0 Å². The Morgan fingerprint density at radius 3 is 2.09 bits per heavy atom. The minimum Gasteiger partial charge on any atom is -0.507 e. The van der Waals surface area contributed by atoms with Crippen LogP contribution in [0.4, 0.5) is 0 Å². The third-order valence-corrected chi connectivity index (χ3v) is 7.82. The van der Waals surface area contributed by atoms with Crippen LogP contribution in [0.3, 0.4) is 0 Å². The Labute approximate surface area is 259 Å². The van der Waals surface area contributed by atoms with E-state index in [0.29, 0.717) is 0 Å². The lowest BCUT2D eigenvalue weighted by atomic mass is 9.98. The summed E-state index contributed by atoms with van der Waals surface area (Å²) < 4.78 is 38.6. The Kier molecular flexibility index (Phi) is 9.50. The maximum atomic E-state index is 13.9. The summed E-state index contributed by atoms with van der Waals surface area (Å²) >= 11 is 0. The molecule has 9 N–H and O–H groups in total. The van der Waals surface area contributed by atoms with Crippen molar-refractivity contribution in [2.45, 2.75) is 68.3 Å². The first kappa shape index (κ1) is 33.5. The molecule has 252 valence electrons. The van der Waals surface area contributed by atoms with Crippen molar-refractivity contribution in [2.24, 2.45) is 0 Å². The third-order valence-electron chi connectivity index (χ3n) is 7.82. The minimum absolute atomic E-state index is 0.0410. The van der Waals surface area contributed by atoms with Gasteiger partial charge >= 0.3 is 0 Å². The minimum atomic E-state index is -1.97. The van der Waals surface area contributed by atoms with Crippen LogP contribution in [0.2, 0.25) is 0 Å². The zero-order valence-corrected chi connectivity index (χ0v) is 24.6. The Bertz CT molecular complexity index is 1620.